The van der Waals surface area contributed by atoms with E-state index in [1.165, 1.54) is 0 Å². The summed E-state index contributed by atoms with van der Waals surface area (Å²) in [5.74, 6) is 0.274. The number of rotatable bonds is 11. The molecule has 0 amide bonds. The second kappa shape index (κ2) is 11.3. The van der Waals surface area contributed by atoms with E-state index in [1.54, 1.807) is 39.1 Å². The van der Waals surface area contributed by atoms with Crippen molar-refractivity contribution in [3.8, 4) is 5.75 Å². The van der Waals surface area contributed by atoms with Gasteiger partial charge in [-0.2, -0.15) is 4.57 Å². The largest absolute Gasteiger partial charge is 0.748 e. The van der Waals surface area contributed by atoms with Crippen LogP contribution in [0.15, 0.2) is 56.5 Å². The van der Waals surface area contributed by atoms with Gasteiger partial charge in [-0.05, 0) is 49.3 Å². The van der Waals surface area contributed by atoms with Gasteiger partial charge in [-0.1, -0.05) is 0 Å². The number of hydrogen-bond acceptors (Lipinski definition) is 11. The minimum atomic E-state index is -4.38. The molecule has 0 N–H and O–H groups in total. The molecular weight excluding hydrogens is 561 g/mol. The van der Waals surface area contributed by atoms with E-state index in [4.69, 9.17) is 9.15 Å². The Kier molecular flexibility index (Phi) is 8.45. The number of oxazole rings is 1. The average Bonchev–Trinajstić information content (AvgIpc) is 3.34. The van der Waals surface area contributed by atoms with Gasteiger partial charge in [0.05, 0.1) is 25.9 Å². The van der Waals surface area contributed by atoms with Crippen molar-refractivity contribution in [3.63, 3.8) is 0 Å². The zero-order valence-electron chi connectivity index (χ0n) is 20.1. The Labute approximate surface area is 224 Å². The Hall–Kier alpha value is -2.23. The first-order chi connectivity index (χ1) is 17.5. The number of nitrogens with zero attached hydrogens (tertiary/aromatic N) is 2. The van der Waals surface area contributed by atoms with E-state index >= 15 is 0 Å². The second-order valence-corrected chi connectivity index (χ2v) is 13.0. The maximum Gasteiger partial charge on any atom is 0.379 e. The number of ether oxygens (including phenoxy) is 1. The van der Waals surface area contributed by atoms with Gasteiger partial charge in [0.15, 0.2) is 12.3 Å². The van der Waals surface area contributed by atoms with Crippen LogP contribution in [0.25, 0.3) is 17.2 Å². The summed E-state index contributed by atoms with van der Waals surface area (Å²) in [5.41, 5.74) is 2.02. The average molecular weight is 586 g/mol. The summed E-state index contributed by atoms with van der Waals surface area (Å²) >= 11 is 3.09. The van der Waals surface area contributed by atoms with Crippen molar-refractivity contribution in [2.45, 2.75) is 29.2 Å². The Morgan fingerprint density at radius 1 is 0.946 bits per heavy atom. The Bertz CT molecular complexity index is 1550. The van der Waals surface area contributed by atoms with E-state index in [1.807, 2.05) is 48.9 Å². The quantitative estimate of drug-likeness (QED) is 0.186. The number of fused-ring (bicyclic) bond motifs is 2. The number of anilines is 1. The van der Waals surface area contributed by atoms with Crippen LogP contribution >= 0.6 is 23.5 Å². The Balaban J connectivity index is 1.75. The SMILES string of the molecule is CSc1ccc2c(c1)N(CCCS(=O)(=O)[O-])/C(=C/c1oc3ccc(SC)cc3[n+]1CCCS(=O)(=O)[O-])O2. The molecule has 37 heavy (non-hydrogen) atoms. The molecule has 2 aromatic carbocycles. The van der Waals surface area contributed by atoms with Crippen LogP contribution in [-0.2, 0) is 26.8 Å². The van der Waals surface area contributed by atoms with Crippen LogP contribution in [-0.4, -0.2) is 56.5 Å². The number of aryl methyl sites for hydroxylation is 1. The Morgan fingerprint density at radius 3 is 2.27 bits per heavy atom. The summed E-state index contributed by atoms with van der Waals surface area (Å²) in [6.07, 6.45) is 5.70. The molecule has 1 aliphatic rings. The molecule has 1 aromatic heterocycles. The summed E-state index contributed by atoms with van der Waals surface area (Å²) in [6.45, 7) is 0.423. The van der Waals surface area contributed by atoms with Crippen LogP contribution in [0.2, 0.25) is 0 Å². The zero-order chi connectivity index (χ0) is 26.8. The summed E-state index contributed by atoms with van der Waals surface area (Å²) < 4.78 is 81.1. The molecule has 0 bridgehead atoms. The molecular formula is C23H25N2O8S4-. The molecule has 0 radical (unpaired) electrons. The molecule has 0 saturated carbocycles. The first-order valence-electron chi connectivity index (χ1n) is 11.2. The van der Waals surface area contributed by atoms with Gasteiger partial charge >= 0.3 is 5.89 Å². The van der Waals surface area contributed by atoms with Crippen molar-refractivity contribution in [2.75, 3.05) is 35.5 Å². The molecule has 0 spiro atoms. The van der Waals surface area contributed by atoms with Crippen molar-refractivity contribution in [2.24, 2.45) is 0 Å². The van der Waals surface area contributed by atoms with Crippen molar-refractivity contribution in [3.05, 3.63) is 48.2 Å². The highest BCUT2D eigenvalue weighted by Crippen LogP contribution is 2.41. The molecule has 0 atom stereocenters. The maximum atomic E-state index is 11.2. The summed E-state index contributed by atoms with van der Waals surface area (Å²) in [6, 6.07) is 11.3. The van der Waals surface area contributed by atoms with Crippen LogP contribution in [0.4, 0.5) is 5.69 Å². The molecule has 0 saturated heterocycles. The van der Waals surface area contributed by atoms with Crippen molar-refractivity contribution < 1.29 is 39.7 Å². The predicted molar refractivity (Wildman–Crippen MR) is 141 cm³/mol. The Morgan fingerprint density at radius 2 is 1.59 bits per heavy atom. The first-order valence-corrected chi connectivity index (χ1v) is 16.8. The van der Waals surface area contributed by atoms with Crippen molar-refractivity contribution in [1.82, 2.24) is 0 Å². The molecule has 10 nitrogen and oxygen atoms in total. The molecule has 0 unspecified atom stereocenters. The van der Waals surface area contributed by atoms with Gasteiger partial charge in [0, 0.05) is 40.3 Å². The first kappa shape index (κ1) is 27.8. The number of thioether (sulfide) groups is 2. The topological polar surface area (TPSA) is 144 Å². The third-order valence-corrected chi connectivity index (χ3v) is 8.70. The molecule has 2 heterocycles. The normalized spacial score (nSPS) is 14.9. The van der Waals surface area contributed by atoms with Gasteiger partial charge in [-0.25, -0.2) is 16.8 Å². The third kappa shape index (κ3) is 7.00. The van der Waals surface area contributed by atoms with E-state index in [-0.39, 0.29) is 25.9 Å². The van der Waals surface area contributed by atoms with Crippen LogP contribution in [0.1, 0.15) is 18.7 Å². The van der Waals surface area contributed by atoms with E-state index in [2.05, 4.69) is 0 Å². The summed E-state index contributed by atoms with van der Waals surface area (Å²) in [7, 11) is -8.75. The molecule has 3 aromatic rings. The maximum absolute atomic E-state index is 11.2. The summed E-state index contributed by atoms with van der Waals surface area (Å²) in [4.78, 5) is 3.74. The molecule has 0 aliphatic carbocycles. The monoisotopic (exact) mass is 585 g/mol. The van der Waals surface area contributed by atoms with Crippen LogP contribution in [0.5, 0.6) is 5.75 Å². The molecule has 0 fully saturated rings. The molecule has 14 heteroatoms. The smallest absolute Gasteiger partial charge is 0.379 e. The fourth-order valence-corrected chi connectivity index (χ4v) is 5.83. The highest BCUT2D eigenvalue weighted by atomic mass is 32.2. The lowest BCUT2D eigenvalue weighted by atomic mass is 10.2. The highest BCUT2D eigenvalue weighted by molar-refractivity contribution is 7.98. The van der Waals surface area contributed by atoms with E-state index in [0.29, 0.717) is 23.1 Å². The van der Waals surface area contributed by atoms with Gasteiger partial charge in [-0.15, -0.1) is 23.5 Å². The standard InChI is InChI=1S/C23H26N2O8S4/c1-34-16-5-7-20-18(13-16)24(9-3-11-36(26,27)28)22(32-20)15-23-25(10-4-12-37(29,30)31)19-14-17(35-2)6-8-21(19)33-23/h5-8,13-15H,3-4,9-12H2,1-2H3,(H-,26,27,28,29,30,31)/p-1. The van der Waals surface area contributed by atoms with Crippen molar-refractivity contribution >= 4 is 66.6 Å². The predicted octanol–water partition coefficient (Wildman–Crippen LogP) is 3.23. The van der Waals surface area contributed by atoms with Crippen molar-refractivity contribution in [1.29, 1.82) is 0 Å². The summed E-state index contributed by atoms with van der Waals surface area (Å²) in [5, 5.41) is 0. The lowest BCUT2D eigenvalue weighted by Gasteiger charge is -2.18. The highest BCUT2D eigenvalue weighted by Gasteiger charge is 2.30. The van der Waals surface area contributed by atoms with E-state index in [0.717, 1.165) is 21.0 Å². The lowest BCUT2D eigenvalue weighted by molar-refractivity contribution is -0.677. The number of hydrogen-bond donors (Lipinski definition) is 0. The second-order valence-electron chi connectivity index (χ2n) is 8.23. The van der Waals surface area contributed by atoms with E-state index < -0.39 is 31.7 Å². The van der Waals surface area contributed by atoms with Gasteiger partial charge in [0.2, 0.25) is 11.5 Å². The zero-order valence-corrected chi connectivity index (χ0v) is 23.3. The fraction of sp³-hybridized carbons (Fsp3) is 0.348. The van der Waals surface area contributed by atoms with Crippen LogP contribution in [0.3, 0.4) is 0 Å². The number of aromatic nitrogens is 1. The van der Waals surface area contributed by atoms with Gasteiger partial charge in [-0.3, -0.25) is 0 Å². The van der Waals surface area contributed by atoms with Crippen LogP contribution in [0, 0.1) is 0 Å². The molecule has 1 aliphatic heterocycles. The van der Waals surface area contributed by atoms with Crippen LogP contribution < -0.4 is 14.2 Å². The fourth-order valence-electron chi connectivity index (χ4n) is 4.00. The van der Waals surface area contributed by atoms with E-state index in [9.17, 15) is 25.9 Å². The molecule has 200 valence electrons. The van der Waals surface area contributed by atoms with Gasteiger partial charge in [0.25, 0.3) is 5.52 Å². The number of benzene rings is 2. The minimum Gasteiger partial charge on any atom is -0.748 e. The third-order valence-electron chi connectivity index (χ3n) is 5.67. The minimum absolute atomic E-state index is 0.0913. The lowest BCUT2D eigenvalue weighted by Crippen LogP contribution is -2.36. The van der Waals surface area contributed by atoms with Gasteiger partial charge in [0.1, 0.15) is 6.08 Å². The molecule has 4 rings (SSSR count). The van der Waals surface area contributed by atoms with Gasteiger partial charge < -0.3 is 23.2 Å².